The summed E-state index contributed by atoms with van der Waals surface area (Å²) in [7, 11) is 0. The van der Waals surface area contributed by atoms with E-state index in [0.717, 1.165) is 26.1 Å². The Balaban J connectivity index is 3.78. The van der Waals surface area contributed by atoms with Crippen LogP contribution in [0, 0.1) is 0 Å². The molecule has 4 nitrogen and oxygen atoms in total. The van der Waals surface area contributed by atoms with E-state index in [9.17, 15) is 4.79 Å². The Kier molecular flexibility index (Phi) is 5.72. The molecule has 0 aliphatic heterocycles. The van der Waals surface area contributed by atoms with Crippen molar-refractivity contribution < 1.29 is 9.90 Å². The summed E-state index contributed by atoms with van der Waals surface area (Å²) >= 11 is 0. The normalized spacial score (nSPS) is 15.5. The summed E-state index contributed by atoms with van der Waals surface area (Å²) in [4.78, 5) is 13.0. The molecule has 14 heavy (non-hydrogen) atoms. The highest BCUT2D eigenvalue weighted by Crippen LogP contribution is 2.09. The van der Waals surface area contributed by atoms with Crippen LogP contribution in [-0.2, 0) is 4.79 Å². The minimum atomic E-state index is -1.08. The van der Waals surface area contributed by atoms with Gasteiger partial charge in [0.1, 0.15) is 5.54 Å². The third-order valence-corrected chi connectivity index (χ3v) is 2.55. The minimum absolute atomic E-state index is 0.527. The van der Waals surface area contributed by atoms with Gasteiger partial charge in [0.2, 0.25) is 0 Å². The number of aliphatic carboxylic acids is 1. The SMILES string of the molecule is CCN(CC)CCCC(C)(N)C(=O)O. The van der Waals surface area contributed by atoms with Crippen molar-refractivity contribution in [2.75, 3.05) is 19.6 Å². The third kappa shape index (κ3) is 4.58. The quantitative estimate of drug-likeness (QED) is 0.644. The van der Waals surface area contributed by atoms with Crippen LogP contribution in [0.3, 0.4) is 0 Å². The molecule has 0 aliphatic carbocycles. The smallest absolute Gasteiger partial charge is 0.323 e. The molecule has 0 aliphatic rings. The Morgan fingerprint density at radius 3 is 2.29 bits per heavy atom. The lowest BCUT2D eigenvalue weighted by Gasteiger charge is -2.22. The molecule has 4 heteroatoms. The van der Waals surface area contributed by atoms with Crippen molar-refractivity contribution >= 4 is 5.97 Å². The minimum Gasteiger partial charge on any atom is -0.480 e. The molecule has 0 aromatic rings. The monoisotopic (exact) mass is 202 g/mol. The molecule has 1 atom stereocenters. The van der Waals surface area contributed by atoms with Crippen LogP contribution in [0.15, 0.2) is 0 Å². The maximum atomic E-state index is 10.7. The molecule has 0 radical (unpaired) electrons. The van der Waals surface area contributed by atoms with E-state index in [1.807, 2.05) is 0 Å². The zero-order chi connectivity index (χ0) is 11.2. The van der Waals surface area contributed by atoms with Crippen molar-refractivity contribution in [2.24, 2.45) is 5.73 Å². The highest BCUT2D eigenvalue weighted by Gasteiger charge is 2.26. The van der Waals surface area contributed by atoms with Gasteiger partial charge in [-0.25, -0.2) is 0 Å². The van der Waals surface area contributed by atoms with Gasteiger partial charge in [0.15, 0.2) is 0 Å². The van der Waals surface area contributed by atoms with Gasteiger partial charge in [-0.15, -0.1) is 0 Å². The summed E-state index contributed by atoms with van der Waals surface area (Å²) in [6.07, 6.45) is 1.36. The molecule has 0 saturated carbocycles. The molecule has 0 rings (SSSR count). The summed E-state index contributed by atoms with van der Waals surface area (Å²) in [6.45, 7) is 8.70. The molecule has 0 aromatic carbocycles. The van der Waals surface area contributed by atoms with Crippen LogP contribution in [0.4, 0.5) is 0 Å². The predicted octanol–water partition coefficient (Wildman–Crippen LogP) is 0.910. The molecule has 84 valence electrons. The topological polar surface area (TPSA) is 66.6 Å². The molecule has 0 spiro atoms. The van der Waals surface area contributed by atoms with Crippen molar-refractivity contribution in [2.45, 2.75) is 39.2 Å². The Hall–Kier alpha value is -0.610. The molecule has 0 bridgehead atoms. The first-order chi connectivity index (χ1) is 6.44. The van der Waals surface area contributed by atoms with Crippen LogP contribution in [0.25, 0.3) is 0 Å². The molecule has 1 unspecified atom stereocenters. The van der Waals surface area contributed by atoms with Gasteiger partial charge in [-0.1, -0.05) is 13.8 Å². The van der Waals surface area contributed by atoms with E-state index in [1.54, 1.807) is 6.92 Å². The standard InChI is InChI=1S/C10H22N2O2/c1-4-12(5-2)8-6-7-10(3,11)9(13)14/h4-8,11H2,1-3H3,(H,13,14). The van der Waals surface area contributed by atoms with Crippen LogP contribution in [-0.4, -0.2) is 41.1 Å². The van der Waals surface area contributed by atoms with Crippen molar-refractivity contribution in [3.05, 3.63) is 0 Å². The second-order valence-corrected chi connectivity index (χ2v) is 3.85. The lowest BCUT2D eigenvalue weighted by atomic mass is 9.97. The Morgan fingerprint density at radius 2 is 1.93 bits per heavy atom. The van der Waals surface area contributed by atoms with Gasteiger partial charge in [-0.3, -0.25) is 4.79 Å². The predicted molar refractivity (Wildman–Crippen MR) is 57.3 cm³/mol. The largest absolute Gasteiger partial charge is 0.480 e. The van der Waals surface area contributed by atoms with Crippen LogP contribution in [0.2, 0.25) is 0 Å². The fraction of sp³-hybridized carbons (Fsp3) is 0.900. The van der Waals surface area contributed by atoms with Crippen molar-refractivity contribution in [1.82, 2.24) is 4.90 Å². The number of rotatable bonds is 7. The zero-order valence-electron chi connectivity index (χ0n) is 9.42. The molecule has 0 saturated heterocycles. The van der Waals surface area contributed by atoms with Gasteiger partial charge < -0.3 is 15.7 Å². The number of carbonyl (C=O) groups is 1. The molecule has 3 N–H and O–H groups in total. The first kappa shape index (κ1) is 13.4. The van der Waals surface area contributed by atoms with Crippen LogP contribution in [0.1, 0.15) is 33.6 Å². The number of carboxylic acids is 1. The van der Waals surface area contributed by atoms with Gasteiger partial charge in [-0.05, 0) is 39.4 Å². The van der Waals surface area contributed by atoms with Gasteiger partial charge >= 0.3 is 5.97 Å². The molecular formula is C10H22N2O2. The molecule has 0 heterocycles. The van der Waals surface area contributed by atoms with Crippen LogP contribution < -0.4 is 5.73 Å². The van der Waals surface area contributed by atoms with E-state index >= 15 is 0 Å². The second-order valence-electron chi connectivity index (χ2n) is 3.85. The first-order valence-electron chi connectivity index (χ1n) is 5.18. The fourth-order valence-corrected chi connectivity index (χ4v) is 1.32. The fourth-order valence-electron chi connectivity index (χ4n) is 1.32. The van der Waals surface area contributed by atoms with E-state index in [1.165, 1.54) is 0 Å². The zero-order valence-corrected chi connectivity index (χ0v) is 9.42. The molecule has 0 fully saturated rings. The van der Waals surface area contributed by atoms with Gasteiger partial charge in [-0.2, -0.15) is 0 Å². The summed E-state index contributed by atoms with van der Waals surface area (Å²) in [5, 5.41) is 8.78. The van der Waals surface area contributed by atoms with Gasteiger partial charge in [0.25, 0.3) is 0 Å². The van der Waals surface area contributed by atoms with Crippen LogP contribution in [0.5, 0.6) is 0 Å². The van der Waals surface area contributed by atoms with Gasteiger partial charge in [0.05, 0.1) is 0 Å². The number of carboxylic acid groups (broad SMARTS) is 1. The first-order valence-corrected chi connectivity index (χ1v) is 5.18. The molecule has 0 aromatic heterocycles. The molecular weight excluding hydrogens is 180 g/mol. The van der Waals surface area contributed by atoms with E-state index in [2.05, 4.69) is 18.7 Å². The van der Waals surface area contributed by atoms with E-state index < -0.39 is 11.5 Å². The van der Waals surface area contributed by atoms with Crippen molar-refractivity contribution in [1.29, 1.82) is 0 Å². The van der Waals surface area contributed by atoms with Crippen molar-refractivity contribution in [3.8, 4) is 0 Å². The maximum absolute atomic E-state index is 10.7. The number of nitrogens with two attached hydrogens (primary N) is 1. The van der Waals surface area contributed by atoms with Crippen LogP contribution >= 0.6 is 0 Å². The summed E-state index contributed by atoms with van der Waals surface area (Å²) < 4.78 is 0. The third-order valence-electron chi connectivity index (χ3n) is 2.55. The Morgan fingerprint density at radius 1 is 1.43 bits per heavy atom. The molecule has 0 amide bonds. The second kappa shape index (κ2) is 5.98. The average molecular weight is 202 g/mol. The summed E-state index contributed by atoms with van der Waals surface area (Å²) in [5.74, 6) is -0.919. The van der Waals surface area contributed by atoms with Gasteiger partial charge in [0, 0.05) is 0 Å². The van der Waals surface area contributed by atoms with E-state index in [4.69, 9.17) is 10.8 Å². The Bertz CT molecular complexity index is 177. The highest BCUT2D eigenvalue weighted by atomic mass is 16.4. The number of hydrogen-bond donors (Lipinski definition) is 2. The highest BCUT2D eigenvalue weighted by molar-refractivity contribution is 5.77. The average Bonchev–Trinajstić information content (AvgIpc) is 2.12. The number of nitrogens with zero attached hydrogens (tertiary/aromatic N) is 1. The Labute approximate surface area is 86.1 Å². The number of hydrogen-bond acceptors (Lipinski definition) is 3. The van der Waals surface area contributed by atoms with E-state index in [0.29, 0.717) is 6.42 Å². The lowest BCUT2D eigenvalue weighted by Crippen LogP contribution is -2.45. The van der Waals surface area contributed by atoms with Crippen molar-refractivity contribution in [3.63, 3.8) is 0 Å². The maximum Gasteiger partial charge on any atom is 0.323 e. The lowest BCUT2D eigenvalue weighted by molar-refractivity contribution is -0.142. The van der Waals surface area contributed by atoms with E-state index in [-0.39, 0.29) is 0 Å². The summed E-state index contributed by atoms with van der Waals surface area (Å²) in [6, 6.07) is 0. The summed E-state index contributed by atoms with van der Waals surface area (Å²) in [5.41, 5.74) is 4.53.